The van der Waals surface area contributed by atoms with Gasteiger partial charge in [0.05, 0.1) is 11.9 Å². The Kier molecular flexibility index (Phi) is 4.56. The Morgan fingerprint density at radius 1 is 1.52 bits per heavy atom. The van der Waals surface area contributed by atoms with Crippen LogP contribution in [0.4, 0.5) is 4.39 Å². The minimum atomic E-state index is -0.398. The monoisotopic (exact) mass is 335 g/mol. The van der Waals surface area contributed by atoms with Crippen LogP contribution >= 0.6 is 11.8 Å². The quantitative estimate of drug-likeness (QED) is 0.933. The largest absolute Gasteiger partial charge is 0.504 e. The molecule has 1 aromatic heterocycles. The van der Waals surface area contributed by atoms with Gasteiger partial charge in [0, 0.05) is 18.3 Å². The molecule has 1 aromatic carbocycles. The molecule has 1 aliphatic rings. The fourth-order valence-electron chi connectivity index (χ4n) is 2.87. The minimum Gasteiger partial charge on any atom is -0.504 e. The molecule has 0 aliphatic carbocycles. The van der Waals surface area contributed by atoms with E-state index in [0.29, 0.717) is 12.2 Å². The van der Waals surface area contributed by atoms with Gasteiger partial charge >= 0.3 is 0 Å². The van der Waals surface area contributed by atoms with Crippen LogP contribution in [0.15, 0.2) is 30.5 Å². The highest BCUT2D eigenvalue weighted by Crippen LogP contribution is 2.26. The summed E-state index contributed by atoms with van der Waals surface area (Å²) in [7, 11) is 0. The van der Waals surface area contributed by atoms with Gasteiger partial charge in [-0.25, -0.2) is 9.07 Å². The second-order valence-corrected chi connectivity index (χ2v) is 6.45. The van der Waals surface area contributed by atoms with E-state index in [-0.39, 0.29) is 23.4 Å². The first-order valence-electron chi connectivity index (χ1n) is 7.44. The predicted molar refractivity (Wildman–Crippen MR) is 87.6 cm³/mol. The Morgan fingerprint density at radius 3 is 3.09 bits per heavy atom. The SMILES string of the molecule is CSCC1CCCN1C(=O)c1nn(-c2cccc(F)c2)cc1O. The zero-order chi connectivity index (χ0) is 16.4. The number of rotatable bonds is 4. The number of carbonyl (C=O) groups is 1. The maximum Gasteiger partial charge on any atom is 0.278 e. The predicted octanol–water partition coefficient (Wildman–Crippen LogP) is 2.68. The number of aromatic nitrogens is 2. The summed E-state index contributed by atoms with van der Waals surface area (Å²) in [6, 6.07) is 6.02. The highest BCUT2D eigenvalue weighted by molar-refractivity contribution is 7.98. The summed E-state index contributed by atoms with van der Waals surface area (Å²) in [6.07, 6.45) is 5.28. The van der Waals surface area contributed by atoms with E-state index in [0.717, 1.165) is 18.6 Å². The van der Waals surface area contributed by atoms with Gasteiger partial charge in [-0.15, -0.1) is 0 Å². The fraction of sp³-hybridized carbons (Fsp3) is 0.375. The molecule has 23 heavy (non-hydrogen) atoms. The van der Waals surface area contributed by atoms with Gasteiger partial charge in [-0.2, -0.15) is 16.9 Å². The van der Waals surface area contributed by atoms with E-state index in [1.165, 1.54) is 23.0 Å². The summed E-state index contributed by atoms with van der Waals surface area (Å²) in [4.78, 5) is 14.4. The molecule has 3 rings (SSSR count). The van der Waals surface area contributed by atoms with E-state index in [9.17, 15) is 14.3 Å². The lowest BCUT2D eigenvalue weighted by Crippen LogP contribution is -2.37. The molecule has 7 heteroatoms. The molecule has 1 N–H and O–H groups in total. The number of hydrogen-bond donors (Lipinski definition) is 1. The summed E-state index contributed by atoms with van der Waals surface area (Å²) >= 11 is 1.70. The van der Waals surface area contributed by atoms with Gasteiger partial charge in [-0.05, 0) is 37.3 Å². The summed E-state index contributed by atoms with van der Waals surface area (Å²) in [6.45, 7) is 0.677. The molecule has 1 aliphatic heterocycles. The number of aromatic hydroxyl groups is 1. The zero-order valence-corrected chi connectivity index (χ0v) is 13.6. The maximum absolute atomic E-state index is 13.3. The van der Waals surface area contributed by atoms with E-state index in [4.69, 9.17) is 0 Å². The van der Waals surface area contributed by atoms with Gasteiger partial charge in [0.2, 0.25) is 0 Å². The van der Waals surface area contributed by atoms with Crippen LogP contribution in [0, 0.1) is 5.82 Å². The Balaban J connectivity index is 1.87. The first-order valence-corrected chi connectivity index (χ1v) is 8.84. The van der Waals surface area contributed by atoms with E-state index in [2.05, 4.69) is 5.10 Å². The molecule has 5 nitrogen and oxygen atoms in total. The molecule has 0 bridgehead atoms. The van der Waals surface area contributed by atoms with Crippen molar-refractivity contribution in [2.45, 2.75) is 18.9 Å². The van der Waals surface area contributed by atoms with Crippen molar-refractivity contribution in [3.8, 4) is 11.4 Å². The summed E-state index contributed by atoms with van der Waals surface area (Å²) in [5, 5.41) is 14.2. The number of amides is 1. The van der Waals surface area contributed by atoms with Gasteiger partial charge in [0.15, 0.2) is 11.4 Å². The van der Waals surface area contributed by atoms with Gasteiger partial charge in [-0.3, -0.25) is 4.79 Å². The van der Waals surface area contributed by atoms with Gasteiger partial charge in [0.25, 0.3) is 5.91 Å². The molecule has 1 amide bonds. The lowest BCUT2D eigenvalue weighted by atomic mass is 10.2. The molecule has 0 radical (unpaired) electrons. The van der Waals surface area contributed by atoms with Gasteiger partial charge in [0.1, 0.15) is 5.82 Å². The molecular formula is C16H18FN3O2S. The average molecular weight is 335 g/mol. The van der Waals surface area contributed by atoms with Crippen molar-refractivity contribution in [2.24, 2.45) is 0 Å². The van der Waals surface area contributed by atoms with Crippen molar-refractivity contribution in [1.82, 2.24) is 14.7 Å². The smallest absolute Gasteiger partial charge is 0.278 e. The highest BCUT2D eigenvalue weighted by Gasteiger charge is 2.32. The lowest BCUT2D eigenvalue weighted by molar-refractivity contribution is 0.0740. The van der Waals surface area contributed by atoms with Crippen LogP contribution in [0.25, 0.3) is 5.69 Å². The zero-order valence-electron chi connectivity index (χ0n) is 12.8. The molecule has 0 spiro atoms. The number of likely N-dealkylation sites (tertiary alicyclic amines) is 1. The van der Waals surface area contributed by atoms with Crippen LogP contribution in [0.2, 0.25) is 0 Å². The fourth-order valence-corrected chi connectivity index (χ4v) is 3.60. The van der Waals surface area contributed by atoms with Crippen LogP contribution in [0.1, 0.15) is 23.3 Å². The van der Waals surface area contributed by atoms with Crippen LogP contribution in [-0.4, -0.2) is 50.3 Å². The summed E-state index contributed by atoms with van der Waals surface area (Å²) in [5.41, 5.74) is 0.476. The molecule has 1 atom stereocenters. The number of benzene rings is 1. The van der Waals surface area contributed by atoms with Crippen molar-refractivity contribution < 1.29 is 14.3 Å². The number of hydrogen-bond acceptors (Lipinski definition) is 4. The van der Waals surface area contributed by atoms with E-state index >= 15 is 0 Å². The Labute approximate surface area is 138 Å². The minimum absolute atomic E-state index is 0.0160. The lowest BCUT2D eigenvalue weighted by Gasteiger charge is -2.23. The number of thioether (sulfide) groups is 1. The second kappa shape index (κ2) is 6.62. The summed E-state index contributed by atoms with van der Waals surface area (Å²) < 4.78 is 14.6. The molecule has 1 fully saturated rings. The molecule has 122 valence electrons. The van der Waals surface area contributed by atoms with E-state index < -0.39 is 5.82 Å². The van der Waals surface area contributed by atoms with Crippen LogP contribution < -0.4 is 0 Å². The van der Waals surface area contributed by atoms with Crippen LogP contribution in [0.5, 0.6) is 5.75 Å². The van der Waals surface area contributed by atoms with Crippen molar-refractivity contribution in [1.29, 1.82) is 0 Å². The van der Waals surface area contributed by atoms with Gasteiger partial charge < -0.3 is 10.0 Å². The molecule has 1 unspecified atom stereocenters. The highest BCUT2D eigenvalue weighted by atomic mass is 32.2. The Bertz CT molecular complexity index is 719. The van der Waals surface area contributed by atoms with Crippen molar-refractivity contribution in [2.75, 3.05) is 18.6 Å². The topological polar surface area (TPSA) is 58.4 Å². The first kappa shape index (κ1) is 15.9. The average Bonchev–Trinajstić information content (AvgIpc) is 3.14. The number of nitrogens with zero attached hydrogens (tertiary/aromatic N) is 3. The Hall–Kier alpha value is -2.02. The molecule has 1 saturated heterocycles. The first-order chi connectivity index (χ1) is 11.1. The summed E-state index contributed by atoms with van der Waals surface area (Å²) in [5.74, 6) is 0.0186. The van der Waals surface area contributed by atoms with Crippen molar-refractivity contribution in [3.63, 3.8) is 0 Å². The van der Waals surface area contributed by atoms with E-state index in [1.807, 2.05) is 6.26 Å². The third-order valence-corrected chi connectivity index (χ3v) is 4.69. The second-order valence-electron chi connectivity index (χ2n) is 5.54. The third kappa shape index (κ3) is 3.19. The third-order valence-electron chi connectivity index (χ3n) is 3.97. The van der Waals surface area contributed by atoms with Gasteiger partial charge in [-0.1, -0.05) is 6.07 Å². The standard InChI is InChI=1S/C16H18FN3O2S/c1-23-10-13-6-3-7-19(13)16(22)15-14(21)9-20(18-15)12-5-2-4-11(17)8-12/h2,4-5,8-9,13,21H,3,6-7,10H2,1H3. The molecular weight excluding hydrogens is 317 g/mol. The van der Waals surface area contributed by atoms with Crippen molar-refractivity contribution >= 4 is 17.7 Å². The normalized spacial score (nSPS) is 17.7. The number of halogens is 1. The molecule has 2 heterocycles. The van der Waals surface area contributed by atoms with Crippen molar-refractivity contribution in [3.05, 3.63) is 42.0 Å². The van der Waals surface area contributed by atoms with Crippen LogP contribution in [-0.2, 0) is 0 Å². The number of carbonyl (C=O) groups excluding carboxylic acids is 1. The molecule has 2 aromatic rings. The molecule has 0 saturated carbocycles. The maximum atomic E-state index is 13.3. The Morgan fingerprint density at radius 2 is 2.35 bits per heavy atom. The van der Waals surface area contributed by atoms with E-state index in [1.54, 1.807) is 28.8 Å². The van der Waals surface area contributed by atoms with Crippen LogP contribution in [0.3, 0.4) is 0 Å².